The van der Waals surface area contributed by atoms with E-state index in [4.69, 9.17) is 5.11 Å². The second kappa shape index (κ2) is 5.48. The molecule has 0 saturated carbocycles. The molecule has 1 aromatic rings. The Hall–Kier alpha value is -1.43. The summed E-state index contributed by atoms with van der Waals surface area (Å²) < 4.78 is 0. The predicted molar refractivity (Wildman–Crippen MR) is 67.5 cm³/mol. The molecule has 0 aliphatic carbocycles. The number of likely N-dealkylation sites (tertiary alicyclic amines) is 1. The maximum Gasteiger partial charge on any atom is 0.308 e. The number of carboxylic acids is 1. The van der Waals surface area contributed by atoms with Gasteiger partial charge in [0.2, 0.25) is 5.91 Å². The lowest BCUT2D eigenvalue weighted by Crippen LogP contribution is -2.42. The number of rotatable bonds is 3. The van der Waals surface area contributed by atoms with Crippen molar-refractivity contribution >= 4 is 23.2 Å². The molecule has 1 N–H and O–H groups in total. The van der Waals surface area contributed by atoms with Crippen LogP contribution in [0.15, 0.2) is 5.38 Å². The first kappa shape index (κ1) is 13.0. The number of piperidine rings is 1. The maximum absolute atomic E-state index is 12.0. The third-order valence-electron chi connectivity index (χ3n) is 3.09. The molecule has 0 spiro atoms. The number of carboxylic acid groups (broad SMARTS) is 1. The normalized spacial score (nSPS) is 19.8. The summed E-state index contributed by atoms with van der Waals surface area (Å²) in [5, 5.41) is 11.7. The molecule has 6 heteroatoms. The van der Waals surface area contributed by atoms with Crippen molar-refractivity contribution in [1.82, 2.24) is 9.88 Å². The van der Waals surface area contributed by atoms with E-state index in [1.807, 2.05) is 12.3 Å². The molecule has 1 atom stereocenters. The van der Waals surface area contributed by atoms with Crippen LogP contribution in [-0.4, -0.2) is 40.0 Å². The Bertz CT molecular complexity index is 458. The van der Waals surface area contributed by atoms with Gasteiger partial charge in [0.05, 0.1) is 12.3 Å². The zero-order chi connectivity index (χ0) is 13.1. The topological polar surface area (TPSA) is 70.5 Å². The third kappa shape index (κ3) is 3.07. The largest absolute Gasteiger partial charge is 0.481 e. The summed E-state index contributed by atoms with van der Waals surface area (Å²) in [7, 11) is 0. The van der Waals surface area contributed by atoms with E-state index in [1.54, 1.807) is 4.90 Å². The van der Waals surface area contributed by atoms with Gasteiger partial charge < -0.3 is 10.0 Å². The maximum atomic E-state index is 12.0. The lowest BCUT2D eigenvalue weighted by atomic mass is 9.98. The monoisotopic (exact) mass is 268 g/mol. The fourth-order valence-electron chi connectivity index (χ4n) is 2.13. The Morgan fingerprint density at radius 3 is 3.00 bits per heavy atom. The van der Waals surface area contributed by atoms with Crippen molar-refractivity contribution in [3.8, 4) is 0 Å². The van der Waals surface area contributed by atoms with E-state index >= 15 is 0 Å². The average molecular weight is 268 g/mol. The fourth-order valence-corrected chi connectivity index (χ4v) is 2.89. The van der Waals surface area contributed by atoms with Crippen LogP contribution in [0.2, 0.25) is 0 Å². The summed E-state index contributed by atoms with van der Waals surface area (Å²) >= 11 is 1.47. The molecule has 5 nitrogen and oxygen atoms in total. The lowest BCUT2D eigenvalue weighted by molar-refractivity contribution is -0.145. The number of aryl methyl sites for hydroxylation is 1. The molecule has 1 aliphatic rings. The van der Waals surface area contributed by atoms with Crippen molar-refractivity contribution in [3.63, 3.8) is 0 Å². The van der Waals surface area contributed by atoms with Crippen LogP contribution in [0.25, 0.3) is 0 Å². The Morgan fingerprint density at radius 1 is 1.61 bits per heavy atom. The number of carbonyl (C=O) groups excluding carboxylic acids is 1. The molecule has 0 bridgehead atoms. The summed E-state index contributed by atoms with van der Waals surface area (Å²) in [6.07, 6.45) is 1.71. The summed E-state index contributed by atoms with van der Waals surface area (Å²) in [6.45, 7) is 2.89. The second-order valence-corrected chi connectivity index (χ2v) is 5.52. The van der Waals surface area contributed by atoms with E-state index in [2.05, 4.69) is 4.98 Å². The molecule has 1 unspecified atom stereocenters. The summed E-state index contributed by atoms with van der Waals surface area (Å²) in [6, 6.07) is 0. The van der Waals surface area contributed by atoms with Gasteiger partial charge >= 0.3 is 5.97 Å². The number of thiazole rings is 1. The lowest BCUT2D eigenvalue weighted by Gasteiger charge is -2.30. The first-order valence-corrected chi connectivity index (χ1v) is 6.86. The minimum Gasteiger partial charge on any atom is -0.481 e. The van der Waals surface area contributed by atoms with Gasteiger partial charge in [0.15, 0.2) is 0 Å². The van der Waals surface area contributed by atoms with Crippen LogP contribution in [-0.2, 0) is 16.0 Å². The average Bonchev–Trinajstić information content (AvgIpc) is 2.75. The van der Waals surface area contributed by atoms with Gasteiger partial charge in [-0.25, -0.2) is 4.98 Å². The molecule has 2 heterocycles. The van der Waals surface area contributed by atoms with Crippen LogP contribution in [0.1, 0.15) is 23.5 Å². The van der Waals surface area contributed by atoms with Crippen molar-refractivity contribution in [1.29, 1.82) is 0 Å². The van der Waals surface area contributed by atoms with Gasteiger partial charge in [-0.3, -0.25) is 9.59 Å². The van der Waals surface area contributed by atoms with Gasteiger partial charge in [-0.15, -0.1) is 11.3 Å². The molecular weight excluding hydrogens is 252 g/mol. The molecule has 1 fully saturated rings. The molecule has 18 heavy (non-hydrogen) atoms. The van der Waals surface area contributed by atoms with Crippen LogP contribution in [0.4, 0.5) is 0 Å². The van der Waals surface area contributed by atoms with Crippen LogP contribution in [0.3, 0.4) is 0 Å². The number of aliphatic carboxylic acids is 1. The Morgan fingerprint density at radius 2 is 2.39 bits per heavy atom. The van der Waals surface area contributed by atoms with Crippen molar-refractivity contribution in [2.45, 2.75) is 26.2 Å². The minimum absolute atomic E-state index is 0.0182. The number of carbonyl (C=O) groups is 2. The molecule has 0 aromatic carbocycles. The number of aromatic nitrogens is 1. The zero-order valence-electron chi connectivity index (χ0n) is 10.3. The van der Waals surface area contributed by atoms with E-state index in [9.17, 15) is 9.59 Å². The molecule has 1 amide bonds. The molecule has 98 valence electrons. The Balaban J connectivity index is 1.94. The minimum atomic E-state index is -0.808. The first-order valence-electron chi connectivity index (χ1n) is 5.98. The second-order valence-electron chi connectivity index (χ2n) is 4.58. The van der Waals surface area contributed by atoms with Crippen LogP contribution >= 0.6 is 11.3 Å². The van der Waals surface area contributed by atoms with Gasteiger partial charge in [-0.2, -0.15) is 0 Å². The van der Waals surface area contributed by atoms with Crippen LogP contribution < -0.4 is 0 Å². The Kier molecular flexibility index (Phi) is 3.96. The van der Waals surface area contributed by atoms with Crippen molar-refractivity contribution < 1.29 is 14.7 Å². The number of hydrogen-bond donors (Lipinski definition) is 1. The molecule has 0 radical (unpaired) electrons. The fraction of sp³-hybridized carbons (Fsp3) is 0.583. The number of nitrogens with zero attached hydrogens (tertiary/aromatic N) is 2. The molecular formula is C12H16N2O3S. The number of amides is 1. The molecule has 1 aliphatic heterocycles. The highest BCUT2D eigenvalue weighted by atomic mass is 32.1. The van der Waals surface area contributed by atoms with Gasteiger partial charge in [0, 0.05) is 24.2 Å². The van der Waals surface area contributed by atoms with E-state index < -0.39 is 11.9 Å². The summed E-state index contributed by atoms with van der Waals surface area (Å²) in [5.74, 6) is -1.24. The van der Waals surface area contributed by atoms with E-state index in [0.29, 0.717) is 19.5 Å². The SMILES string of the molecule is Cc1csc(CC(=O)N2CCCC(C(=O)O)C2)n1. The van der Waals surface area contributed by atoms with Crippen molar-refractivity contribution in [3.05, 3.63) is 16.1 Å². The van der Waals surface area contributed by atoms with Crippen molar-refractivity contribution in [2.75, 3.05) is 13.1 Å². The van der Waals surface area contributed by atoms with Crippen molar-refractivity contribution in [2.24, 2.45) is 5.92 Å². The Labute approximate surface area is 109 Å². The van der Waals surface area contributed by atoms with Crippen LogP contribution in [0, 0.1) is 12.8 Å². The quantitative estimate of drug-likeness (QED) is 0.897. The van der Waals surface area contributed by atoms with Gasteiger partial charge in [-0.05, 0) is 19.8 Å². The van der Waals surface area contributed by atoms with Crippen LogP contribution in [0.5, 0.6) is 0 Å². The molecule has 1 aromatic heterocycles. The summed E-state index contributed by atoms with van der Waals surface area (Å²) in [4.78, 5) is 28.9. The van der Waals surface area contributed by atoms with E-state index in [-0.39, 0.29) is 12.3 Å². The van der Waals surface area contributed by atoms with Gasteiger partial charge in [0.25, 0.3) is 0 Å². The molecule has 2 rings (SSSR count). The third-order valence-corrected chi connectivity index (χ3v) is 4.06. The first-order chi connectivity index (χ1) is 8.56. The standard InChI is InChI=1S/C12H16N2O3S/c1-8-7-18-10(13-8)5-11(15)14-4-2-3-9(6-14)12(16)17/h7,9H,2-6H2,1H3,(H,16,17). The highest BCUT2D eigenvalue weighted by Crippen LogP contribution is 2.18. The zero-order valence-corrected chi connectivity index (χ0v) is 11.1. The summed E-state index contributed by atoms with van der Waals surface area (Å²) in [5.41, 5.74) is 0.921. The van der Waals surface area contributed by atoms with Gasteiger partial charge in [0.1, 0.15) is 5.01 Å². The smallest absolute Gasteiger partial charge is 0.308 e. The number of hydrogen-bond acceptors (Lipinski definition) is 4. The predicted octanol–water partition coefficient (Wildman–Crippen LogP) is 1.32. The highest BCUT2D eigenvalue weighted by molar-refractivity contribution is 7.09. The highest BCUT2D eigenvalue weighted by Gasteiger charge is 2.28. The van der Waals surface area contributed by atoms with E-state index in [0.717, 1.165) is 17.1 Å². The molecule has 1 saturated heterocycles. The van der Waals surface area contributed by atoms with E-state index in [1.165, 1.54) is 11.3 Å². The van der Waals surface area contributed by atoms with Gasteiger partial charge in [-0.1, -0.05) is 0 Å².